The smallest absolute Gasteiger partial charge is 0.410 e. The summed E-state index contributed by atoms with van der Waals surface area (Å²) in [7, 11) is 1.44. The van der Waals surface area contributed by atoms with Crippen LogP contribution in [0.3, 0.4) is 0 Å². The fraction of sp³-hybridized carbons (Fsp3) is 0.636. The summed E-state index contributed by atoms with van der Waals surface area (Å²) in [5.74, 6) is 0.268. The molecule has 1 atom stereocenters. The summed E-state index contributed by atoms with van der Waals surface area (Å²) < 4.78 is 16.6. The highest BCUT2D eigenvalue weighted by atomic mass is 16.6. The zero-order valence-electron chi connectivity index (χ0n) is 16.9. The average Bonchev–Trinajstić information content (AvgIpc) is 3.10. The highest BCUT2D eigenvalue weighted by molar-refractivity contribution is 5.69. The number of rotatable bonds is 6. The molecule has 6 nitrogen and oxygen atoms in total. The van der Waals surface area contributed by atoms with Crippen molar-refractivity contribution in [3.63, 3.8) is 0 Å². The van der Waals surface area contributed by atoms with E-state index in [1.54, 1.807) is 4.90 Å². The van der Waals surface area contributed by atoms with Gasteiger partial charge in [0, 0.05) is 13.0 Å². The van der Waals surface area contributed by atoms with E-state index in [-0.39, 0.29) is 30.4 Å². The first-order chi connectivity index (χ1) is 13.5. The first kappa shape index (κ1) is 20.6. The molecule has 2 aliphatic rings. The van der Waals surface area contributed by atoms with Gasteiger partial charge in [0.05, 0.1) is 25.4 Å². The molecule has 2 fully saturated rings. The van der Waals surface area contributed by atoms with Gasteiger partial charge in [-0.3, -0.25) is 4.79 Å². The van der Waals surface area contributed by atoms with E-state index in [9.17, 15) is 9.59 Å². The highest BCUT2D eigenvalue weighted by Gasteiger charge is 2.40. The SMILES string of the molecule is COC(=O)CC1CCC(O[C@]2(C)CCN(C(=O)OCc3ccccc3)C2)CC1. The fourth-order valence-electron chi connectivity index (χ4n) is 4.17. The number of esters is 1. The third-order valence-corrected chi connectivity index (χ3v) is 5.83. The normalized spacial score (nSPS) is 27.4. The van der Waals surface area contributed by atoms with Crippen molar-refractivity contribution in [1.29, 1.82) is 0 Å². The Kier molecular flexibility index (Phi) is 6.94. The molecule has 0 bridgehead atoms. The van der Waals surface area contributed by atoms with Crippen LogP contribution in [0.5, 0.6) is 0 Å². The van der Waals surface area contributed by atoms with E-state index < -0.39 is 0 Å². The predicted octanol–water partition coefficient (Wildman–Crippen LogP) is 3.93. The molecule has 28 heavy (non-hydrogen) atoms. The van der Waals surface area contributed by atoms with Crippen molar-refractivity contribution in [1.82, 2.24) is 4.90 Å². The number of amides is 1. The van der Waals surface area contributed by atoms with Crippen LogP contribution in [0.15, 0.2) is 30.3 Å². The van der Waals surface area contributed by atoms with Gasteiger partial charge in [-0.2, -0.15) is 0 Å². The first-order valence-corrected chi connectivity index (χ1v) is 10.2. The number of carbonyl (C=O) groups is 2. The molecule has 0 unspecified atom stereocenters. The van der Waals surface area contributed by atoms with Crippen LogP contribution >= 0.6 is 0 Å². The maximum Gasteiger partial charge on any atom is 0.410 e. The summed E-state index contributed by atoms with van der Waals surface area (Å²) in [6.45, 7) is 3.58. The van der Waals surface area contributed by atoms with Crippen molar-refractivity contribution in [2.45, 2.75) is 63.8 Å². The molecule has 1 amide bonds. The number of benzene rings is 1. The molecule has 1 aromatic rings. The van der Waals surface area contributed by atoms with Crippen LogP contribution in [0.25, 0.3) is 0 Å². The number of methoxy groups -OCH3 is 1. The molecular formula is C22H31NO5. The molecule has 3 rings (SSSR count). The van der Waals surface area contributed by atoms with Crippen molar-refractivity contribution in [3.8, 4) is 0 Å². The summed E-state index contributed by atoms with van der Waals surface area (Å²) in [4.78, 5) is 25.6. The van der Waals surface area contributed by atoms with E-state index in [0.29, 0.717) is 25.4 Å². The lowest BCUT2D eigenvalue weighted by Gasteiger charge is -2.34. The number of carbonyl (C=O) groups excluding carboxylic acids is 2. The monoisotopic (exact) mass is 389 g/mol. The number of ether oxygens (including phenoxy) is 3. The maximum absolute atomic E-state index is 12.4. The largest absolute Gasteiger partial charge is 0.469 e. The van der Waals surface area contributed by atoms with Crippen molar-refractivity contribution < 1.29 is 23.8 Å². The molecule has 1 aromatic carbocycles. The van der Waals surface area contributed by atoms with Gasteiger partial charge in [0.25, 0.3) is 0 Å². The lowest BCUT2D eigenvalue weighted by atomic mass is 9.85. The average molecular weight is 389 g/mol. The maximum atomic E-state index is 12.4. The van der Waals surface area contributed by atoms with E-state index in [4.69, 9.17) is 14.2 Å². The Morgan fingerprint density at radius 2 is 1.86 bits per heavy atom. The third kappa shape index (κ3) is 5.71. The van der Waals surface area contributed by atoms with Crippen molar-refractivity contribution in [3.05, 3.63) is 35.9 Å². The van der Waals surface area contributed by atoms with Crippen molar-refractivity contribution in [2.24, 2.45) is 5.92 Å². The van der Waals surface area contributed by atoms with Crippen LogP contribution in [-0.4, -0.2) is 48.9 Å². The van der Waals surface area contributed by atoms with Gasteiger partial charge in [-0.25, -0.2) is 4.79 Å². The van der Waals surface area contributed by atoms with Crippen LogP contribution in [0.1, 0.15) is 51.0 Å². The summed E-state index contributed by atoms with van der Waals surface area (Å²) in [6, 6.07) is 9.70. The van der Waals surface area contributed by atoms with E-state index in [1.807, 2.05) is 30.3 Å². The van der Waals surface area contributed by atoms with Crippen LogP contribution in [0.2, 0.25) is 0 Å². The summed E-state index contributed by atoms with van der Waals surface area (Å²) >= 11 is 0. The predicted molar refractivity (Wildman–Crippen MR) is 105 cm³/mol. The van der Waals surface area contributed by atoms with Crippen LogP contribution < -0.4 is 0 Å². The van der Waals surface area contributed by atoms with E-state index in [0.717, 1.165) is 37.7 Å². The molecule has 154 valence electrons. The Labute approximate surface area is 167 Å². The molecule has 0 spiro atoms. The van der Waals surface area contributed by atoms with Crippen LogP contribution in [-0.2, 0) is 25.6 Å². The fourth-order valence-corrected chi connectivity index (χ4v) is 4.17. The lowest BCUT2D eigenvalue weighted by molar-refractivity contribution is -0.142. The molecule has 1 saturated carbocycles. The number of nitrogens with zero attached hydrogens (tertiary/aromatic N) is 1. The zero-order valence-corrected chi connectivity index (χ0v) is 16.9. The molecule has 1 saturated heterocycles. The molecular weight excluding hydrogens is 358 g/mol. The van der Waals surface area contributed by atoms with Gasteiger partial charge in [-0.05, 0) is 50.5 Å². The van der Waals surface area contributed by atoms with Crippen molar-refractivity contribution in [2.75, 3.05) is 20.2 Å². The number of likely N-dealkylation sites (tertiary alicyclic amines) is 1. The van der Waals surface area contributed by atoms with Gasteiger partial charge >= 0.3 is 12.1 Å². The summed E-state index contributed by atoms with van der Waals surface area (Å²) in [6.07, 6.45) is 5.11. The van der Waals surface area contributed by atoms with Gasteiger partial charge in [-0.1, -0.05) is 30.3 Å². The molecule has 6 heteroatoms. The van der Waals surface area contributed by atoms with E-state index in [1.165, 1.54) is 7.11 Å². The zero-order chi connectivity index (χ0) is 20.0. The molecule has 0 N–H and O–H groups in total. The van der Waals surface area contributed by atoms with Crippen LogP contribution in [0.4, 0.5) is 4.79 Å². The molecule has 1 heterocycles. The second-order valence-corrected chi connectivity index (χ2v) is 8.20. The topological polar surface area (TPSA) is 65.1 Å². The standard InChI is InChI=1S/C22H31NO5/c1-22(28-19-10-8-17(9-11-19)14-20(24)26-2)12-13-23(16-22)21(25)27-15-18-6-4-3-5-7-18/h3-7,17,19H,8-16H2,1-2H3/t17?,19?,22-/m1/s1. The molecule has 1 aliphatic heterocycles. The van der Waals surface area contributed by atoms with Gasteiger partial charge in [0.1, 0.15) is 6.61 Å². The number of hydrogen-bond donors (Lipinski definition) is 0. The minimum Gasteiger partial charge on any atom is -0.469 e. The van der Waals surface area contributed by atoms with Gasteiger partial charge < -0.3 is 19.1 Å². The Morgan fingerprint density at radius 3 is 2.54 bits per heavy atom. The Balaban J connectivity index is 1.41. The first-order valence-electron chi connectivity index (χ1n) is 10.2. The van der Waals surface area contributed by atoms with Crippen LogP contribution in [0, 0.1) is 5.92 Å². The second-order valence-electron chi connectivity index (χ2n) is 8.20. The molecule has 0 aromatic heterocycles. The molecule has 0 radical (unpaired) electrons. The van der Waals surface area contributed by atoms with Gasteiger partial charge in [0.15, 0.2) is 0 Å². The molecule has 1 aliphatic carbocycles. The summed E-state index contributed by atoms with van der Waals surface area (Å²) in [5.41, 5.74) is 0.656. The minimum absolute atomic E-state index is 0.128. The number of hydrogen-bond acceptors (Lipinski definition) is 5. The minimum atomic E-state index is -0.328. The van der Waals surface area contributed by atoms with Gasteiger partial charge in [0.2, 0.25) is 0 Å². The third-order valence-electron chi connectivity index (χ3n) is 5.83. The van der Waals surface area contributed by atoms with E-state index >= 15 is 0 Å². The Morgan fingerprint density at radius 1 is 1.14 bits per heavy atom. The van der Waals surface area contributed by atoms with Gasteiger partial charge in [-0.15, -0.1) is 0 Å². The van der Waals surface area contributed by atoms with Crippen molar-refractivity contribution >= 4 is 12.1 Å². The lowest BCUT2D eigenvalue weighted by Crippen LogP contribution is -2.40. The summed E-state index contributed by atoms with van der Waals surface area (Å²) in [5, 5.41) is 0. The van der Waals surface area contributed by atoms with E-state index in [2.05, 4.69) is 6.92 Å². The second kappa shape index (κ2) is 9.41. The Hall–Kier alpha value is -2.08. The highest BCUT2D eigenvalue weighted by Crippen LogP contribution is 2.34. The Bertz CT molecular complexity index is 656. The quantitative estimate of drug-likeness (QED) is 0.690.